The van der Waals surface area contributed by atoms with Crippen LogP contribution in [0.1, 0.15) is 24.1 Å². The summed E-state index contributed by atoms with van der Waals surface area (Å²) < 4.78 is 15.7. The number of nitriles is 1. The third kappa shape index (κ3) is 6.29. The topological polar surface area (TPSA) is 130 Å². The van der Waals surface area contributed by atoms with E-state index in [2.05, 4.69) is 11.4 Å². The number of methoxy groups -OCH3 is 2. The number of anilines is 1. The van der Waals surface area contributed by atoms with Crippen LogP contribution in [0.3, 0.4) is 0 Å². The van der Waals surface area contributed by atoms with Gasteiger partial charge in [0, 0.05) is 32.7 Å². The van der Waals surface area contributed by atoms with Gasteiger partial charge in [0.05, 0.1) is 37.9 Å². The van der Waals surface area contributed by atoms with Crippen molar-refractivity contribution in [2.24, 2.45) is 0 Å². The fourth-order valence-electron chi connectivity index (χ4n) is 4.46. The van der Waals surface area contributed by atoms with Gasteiger partial charge in [-0.15, -0.1) is 0 Å². The molecule has 1 aromatic heterocycles. The maximum atomic E-state index is 13.2. The van der Waals surface area contributed by atoms with Crippen LogP contribution in [0.5, 0.6) is 11.5 Å². The number of carbonyl (C=O) groups excluding carboxylic acids is 2. The number of piperazine rings is 1. The Bertz CT molecular complexity index is 1370. The second kappa shape index (κ2) is 12.8. The zero-order valence-corrected chi connectivity index (χ0v) is 22.3. The normalized spacial score (nSPS) is 13.9. The first-order valence-electron chi connectivity index (χ1n) is 12.8. The van der Waals surface area contributed by atoms with Crippen molar-refractivity contribution >= 4 is 28.9 Å². The van der Waals surface area contributed by atoms with Gasteiger partial charge < -0.3 is 29.3 Å². The summed E-state index contributed by atoms with van der Waals surface area (Å²) in [7, 11) is 3.14. The molecule has 0 spiro atoms. The van der Waals surface area contributed by atoms with Crippen molar-refractivity contribution < 1.29 is 23.8 Å². The SMILES string of the molecule is CCOC(=O)N1CCN(c2nc3ccccc3nc2[C@H](C#N)C(=O)NCCc2ccc(OC)c(OC)c2)CC1. The van der Waals surface area contributed by atoms with E-state index >= 15 is 0 Å². The van der Waals surface area contributed by atoms with Crippen LogP contribution in [0.15, 0.2) is 42.5 Å². The molecule has 1 N–H and O–H groups in total. The van der Waals surface area contributed by atoms with Crippen molar-refractivity contribution in [2.75, 3.05) is 58.5 Å². The number of nitrogens with zero attached hydrogens (tertiary/aromatic N) is 5. The van der Waals surface area contributed by atoms with Crippen molar-refractivity contribution in [2.45, 2.75) is 19.3 Å². The van der Waals surface area contributed by atoms with Gasteiger partial charge in [0.15, 0.2) is 23.2 Å². The first-order valence-corrected chi connectivity index (χ1v) is 12.8. The van der Waals surface area contributed by atoms with Gasteiger partial charge in [-0.1, -0.05) is 18.2 Å². The van der Waals surface area contributed by atoms with Gasteiger partial charge in [0.2, 0.25) is 5.91 Å². The van der Waals surface area contributed by atoms with Gasteiger partial charge in [0.25, 0.3) is 0 Å². The molecule has 0 aliphatic carbocycles. The summed E-state index contributed by atoms with van der Waals surface area (Å²) in [6.07, 6.45) is 0.182. The average Bonchev–Trinajstić information content (AvgIpc) is 2.97. The van der Waals surface area contributed by atoms with E-state index in [9.17, 15) is 14.9 Å². The van der Waals surface area contributed by atoms with Crippen molar-refractivity contribution in [3.05, 3.63) is 53.7 Å². The third-order valence-corrected chi connectivity index (χ3v) is 6.51. The van der Waals surface area contributed by atoms with Gasteiger partial charge in [-0.3, -0.25) is 4.79 Å². The molecule has 2 heterocycles. The van der Waals surface area contributed by atoms with E-state index in [1.54, 1.807) is 32.1 Å². The number of para-hydroxylation sites is 2. The summed E-state index contributed by atoms with van der Waals surface area (Å²) in [5.74, 6) is 0.0917. The first-order chi connectivity index (χ1) is 19.0. The smallest absolute Gasteiger partial charge is 0.409 e. The molecule has 11 heteroatoms. The van der Waals surface area contributed by atoms with E-state index in [1.165, 1.54) is 0 Å². The largest absolute Gasteiger partial charge is 0.493 e. The first kappa shape index (κ1) is 27.4. The average molecular weight is 533 g/mol. The van der Waals surface area contributed by atoms with Crippen molar-refractivity contribution in [3.8, 4) is 17.6 Å². The van der Waals surface area contributed by atoms with Crippen molar-refractivity contribution in [1.82, 2.24) is 20.2 Å². The standard InChI is InChI=1S/C28H32N6O5/c1-4-39-28(36)34-15-13-33(14-16-34)26-25(31-21-7-5-6-8-22(21)32-26)20(18-29)27(35)30-12-11-19-9-10-23(37-2)24(17-19)38-3/h5-10,17,20H,4,11-16H2,1-3H3,(H,30,35)/t20-/m0/s1. The van der Waals surface area contributed by atoms with Crippen molar-refractivity contribution in [1.29, 1.82) is 5.26 Å². The Hall–Kier alpha value is -4.59. The number of nitrogens with one attached hydrogen (secondary N) is 1. The summed E-state index contributed by atoms with van der Waals surface area (Å²) in [5.41, 5.74) is 2.51. The Morgan fingerprint density at radius 1 is 1.03 bits per heavy atom. The predicted molar refractivity (Wildman–Crippen MR) is 145 cm³/mol. The van der Waals surface area contributed by atoms with Crippen LogP contribution in [0, 0.1) is 11.3 Å². The Kier molecular flexibility index (Phi) is 8.99. The summed E-state index contributed by atoms with van der Waals surface area (Å²) in [5, 5.41) is 12.9. The van der Waals surface area contributed by atoms with Crippen LogP contribution in [0.25, 0.3) is 11.0 Å². The number of amides is 2. The van der Waals surface area contributed by atoms with Gasteiger partial charge >= 0.3 is 6.09 Å². The lowest BCUT2D eigenvalue weighted by Crippen LogP contribution is -2.49. The van der Waals surface area contributed by atoms with Gasteiger partial charge in [-0.05, 0) is 43.2 Å². The number of fused-ring (bicyclic) bond motifs is 1. The van der Waals surface area contributed by atoms with E-state index in [-0.39, 0.29) is 6.09 Å². The maximum Gasteiger partial charge on any atom is 0.409 e. The quantitative estimate of drug-likeness (QED) is 0.442. The van der Waals surface area contributed by atoms with E-state index in [1.807, 2.05) is 41.3 Å². The zero-order valence-electron chi connectivity index (χ0n) is 22.3. The second-order valence-electron chi connectivity index (χ2n) is 8.89. The molecule has 1 atom stereocenters. The molecule has 204 valence electrons. The Balaban J connectivity index is 1.52. The molecule has 1 aliphatic rings. The molecule has 2 amide bonds. The molecule has 0 bridgehead atoms. The Labute approximate surface area is 227 Å². The number of aromatic nitrogens is 2. The second-order valence-corrected chi connectivity index (χ2v) is 8.89. The molecule has 0 unspecified atom stereocenters. The minimum atomic E-state index is -1.16. The number of hydrogen-bond donors (Lipinski definition) is 1. The highest BCUT2D eigenvalue weighted by molar-refractivity contribution is 5.89. The molecular formula is C28H32N6O5. The number of ether oxygens (including phenoxy) is 3. The molecule has 1 saturated heterocycles. The molecule has 1 aliphatic heterocycles. The summed E-state index contributed by atoms with van der Waals surface area (Å²) in [6, 6.07) is 15.0. The van der Waals surface area contributed by atoms with Crippen LogP contribution in [0.2, 0.25) is 0 Å². The lowest BCUT2D eigenvalue weighted by Gasteiger charge is -2.35. The van der Waals surface area contributed by atoms with Crippen molar-refractivity contribution in [3.63, 3.8) is 0 Å². The molecule has 0 saturated carbocycles. The number of carbonyl (C=O) groups is 2. The van der Waals surface area contributed by atoms with Crippen LogP contribution in [-0.4, -0.2) is 80.4 Å². The van der Waals surface area contributed by atoms with Crippen LogP contribution < -0.4 is 19.7 Å². The Morgan fingerprint density at radius 2 is 1.72 bits per heavy atom. The van der Waals surface area contributed by atoms with Crippen LogP contribution in [-0.2, 0) is 16.0 Å². The molecule has 1 fully saturated rings. The van der Waals surface area contributed by atoms with E-state index in [0.29, 0.717) is 79.8 Å². The highest BCUT2D eigenvalue weighted by Gasteiger charge is 2.31. The summed E-state index contributed by atoms with van der Waals surface area (Å²) in [4.78, 5) is 38.5. The number of rotatable bonds is 9. The van der Waals surface area contributed by atoms with Gasteiger partial charge in [0.1, 0.15) is 5.69 Å². The molecule has 11 nitrogen and oxygen atoms in total. The van der Waals surface area contributed by atoms with E-state index < -0.39 is 11.8 Å². The lowest BCUT2D eigenvalue weighted by molar-refractivity contribution is -0.121. The van der Waals surface area contributed by atoms with E-state index in [4.69, 9.17) is 24.2 Å². The minimum Gasteiger partial charge on any atom is -0.493 e. The highest BCUT2D eigenvalue weighted by Crippen LogP contribution is 2.29. The monoisotopic (exact) mass is 532 g/mol. The molecule has 0 radical (unpaired) electrons. The molecule has 4 rings (SSSR count). The predicted octanol–water partition coefficient (Wildman–Crippen LogP) is 2.89. The van der Waals surface area contributed by atoms with Crippen LogP contribution in [0.4, 0.5) is 10.6 Å². The molecule has 2 aromatic carbocycles. The zero-order chi connectivity index (χ0) is 27.8. The molecular weight excluding hydrogens is 500 g/mol. The highest BCUT2D eigenvalue weighted by atomic mass is 16.6. The maximum absolute atomic E-state index is 13.2. The summed E-state index contributed by atoms with van der Waals surface area (Å²) >= 11 is 0. The minimum absolute atomic E-state index is 0.296. The molecule has 3 aromatic rings. The van der Waals surface area contributed by atoms with Gasteiger partial charge in [-0.2, -0.15) is 5.26 Å². The van der Waals surface area contributed by atoms with Crippen LogP contribution >= 0.6 is 0 Å². The fraction of sp³-hybridized carbons (Fsp3) is 0.393. The number of hydrogen-bond acceptors (Lipinski definition) is 9. The van der Waals surface area contributed by atoms with E-state index in [0.717, 1.165) is 5.56 Å². The fourth-order valence-corrected chi connectivity index (χ4v) is 4.46. The molecule has 39 heavy (non-hydrogen) atoms. The van der Waals surface area contributed by atoms with Gasteiger partial charge in [-0.25, -0.2) is 14.8 Å². The lowest BCUT2D eigenvalue weighted by atomic mass is 10.0. The Morgan fingerprint density at radius 3 is 2.36 bits per heavy atom. The number of benzene rings is 2. The third-order valence-electron chi connectivity index (χ3n) is 6.51. The summed E-state index contributed by atoms with van der Waals surface area (Å²) in [6.45, 7) is 4.20.